The monoisotopic (exact) mass is 429 g/mol. The molecule has 2 aromatic rings. The quantitative estimate of drug-likeness (QED) is 0.552. The van der Waals surface area contributed by atoms with Crippen molar-refractivity contribution in [2.45, 2.75) is 68.5 Å². The van der Waals surface area contributed by atoms with E-state index in [4.69, 9.17) is 14.9 Å². The zero-order valence-electron chi connectivity index (χ0n) is 17.0. The molecule has 0 bridgehead atoms. The summed E-state index contributed by atoms with van der Waals surface area (Å²) in [6.45, 7) is 9.99. The van der Waals surface area contributed by atoms with E-state index in [0.717, 1.165) is 0 Å². The highest BCUT2D eigenvalue weighted by atomic mass is 32.2. The van der Waals surface area contributed by atoms with Gasteiger partial charge in [-0.2, -0.15) is 5.10 Å². The number of hydrogen-bond acceptors (Lipinski definition) is 8. The van der Waals surface area contributed by atoms with Crippen molar-refractivity contribution in [3.63, 3.8) is 0 Å². The number of halogens is 1. The molecule has 1 saturated heterocycles. The van der Waals surface area contributed by atoms with Crippen LogP contribution in [0.5, 0.6) is 0 Å². The molecule has 3 N–H and O–H groups in total. The van der Waals surface area contributed by atoms with Gasteiger partial charge < -0.3 is 20.0 Å². The second-order valence-electron chi connectivity index (χ2n) is 8.45. The van der Waals surface area contributed by atoms with Gasteiger partial charge in [0.2, 0.25) is 0 Å². The minimum absolute atomic E-state index is 0.100. The zero-order chi connectivity index (χ0) is 20.9. The summed E-state index contributed by atoms with van der Waals surface area (Å²) in [7, 11) is -2.28. The lowest BCUT2D eigenvalue weighted by Crippen LogP contribution is -2.49. The fourth-order valence-corrected chi connectivity index (χ4v) is 4.87. The molecule has 3 rings (SSSR count). The van der Waals surface area contributed by atoms with Gasteiger partial charge in [0, 0.05) is 0 Å². The molecule has 11 heteroatoms. The maximum absolute atomic E-state index is 15.6. The summed E-state index contributed by atoms with van der Waals surface area (Å²) < 4.78 is 29.1. The first kappa shape index (κ1) is 21.4. The summed E-state index contributed by atoms with van der Waals surface area (Å²) in [5.74, 6) is 0.279. The topological polar surface area (TPSA) is 108 Å². The van der Waals surface area contributed by atoms with Gasteiger partial charge in [0.15, 0.2) is 26.4 Å². The van der Waals surface area contributed by atoms with Crippen molar-refractivity contribution in [1.29, 1.82) is 0 Å². The highest BCUT2D eigenvalue weighted by molar-refractivity contribution is 7.98. The standard InChI is InChI=1S/C17H28FN5O3SSi/c1-17(2,3)28(5,6)26-12-9(7-24)25-16(11(12)18)23-14-10(15(22-23)27-4)13(19)20-8-21-14/h8-9,11-12,16,24H,7H2,1-6H3,(H2,19,20,21)/t9-,11-,12+,16-/m0/s1. The lowest BCUT2D eigenvalue weighted by molar-refractivity contribution is -0.0497. The number of nitrogens with two attached hydrogens (primary N) is 1. The first-order valence-corrected chi connectivity index (χ1v) is 13.3. The number of ether oxygens (including phenoxy) is 1. The number of anilines is 1. The minimum Gasteiger partial charge on any atom is -0.408 e. The van der Waals surface area contributed by atoms with E-state index in [9.17, 15) is 5.11 Å². The van der Waals surface area contributed by atoms with E-state index in [0.29, 0.717) is 16.1 Å². The first-order chi connectivity index (χ1) is 13.0. The Labute approximate surface area is 169 Å². The van der Waals surface area contributed by atoms with Gasteiger partial charge in [-0.15, -0.1) is 11.8 Å². The van der Waals surface area contributed by atoms with Crippen LogP contribution in [0.1, 0.15) is 27.0 Å². The van der Waals surface area contributed by atoms with Crippen molar-refractivity contribution in [3.05, 3.63) is 6.33 Å². The van der Waals surface area contributed by atoms with Gasteiger partial charge >= 0.3 is 0 Å². The molecule has 4 atom stereocenters. The van der Waals surface area contributed by atoms with Crippen LogP contribution in [0.3, 0.4) is 0 Å². The van der Waals surface area contributed by atoms with E-state index >= 15 is 4.39 Å². The van der Waals surface area contributed by atoms with Crippen molar-refractivity contribution in [1.82, 2.24) is 19.7 Å². The molecule has 0 aliphatic carbocycles. The van der Waals surface area contributed by atoms with Crippen LogP contribution >= 0.6 is 11.8 Å². The summed E-state index contributed by atoms with van der Waals surface area (Å²) in [4.78, 5) is 8.24. The molecule has 0 radical (unpaired) electrons. The highest BCUT2D eigenvalue weighted by Crippen LogP contribution is 2.43. The van der Waals surface area contributed by atoms with E-state index in [1.165, 1.54) is 22.8 Å². The number of fused-ring (bicyclic) bond motifs is 1. The number of nitrogen functional groups attached to an aromatic ring is 1. The van der Waals surface area contributed by atoms with E-state index in [1.54, 1.807) is 0 Å². The molecule has 3 heterocycles. The highest BCUT2D eigenvalue weighted by Gasteiger charge is 2.51. The maximum Gasteiger partial charge on any atom is 0.192 e. The summed E-state index contributed by atoms with van der Waals surface area (Å²) in [6.07, 6.45) is -1.09. The minimum atomic E-state index is -2.28. The largest absolute Gasteiger partial charge is 0.408 e. The van der Waals surface area contributed by atoms with E-state index in [2.05, 4.69) is 35.8 Å². The number of thioether (sulfide) groups is 1. The number of aromatic nitrogens is 4. The second-order valence-corrected chi connectivity index (χ2v) is 14.0. The maximum atomic E-state index is 15.6. The third kappa shape index (κ3) is 3.54. The van der Waals surface area contributed by atoms with Gasteiger partial charge in [-0.25, -0.2) is 19.0 Å². The molecule has 156 valence electrons. The smallest absolute Gasteiger partial charge is 0.192 e. The molecule has 1 aliphatic rings. The number of hydrogen-bond donors (Lipinski definition) is 2. The Balaban J connectivity index is 1.99. The molecule has 0 saturated carbocycles. The molecule has 8 nitrogen and oxygen atoms in total. The van der Waals surface area contributed by atoms with Crippen LogP contribution < -0.4 is 5.73 Å². The number of alkyl halides is 1. The van der Waals surface area contributed by atoms with Gasteiger partial charge in [0.05, 0.1) is 12.0 Å². The molecule has 28 heavy (non-hydrogen) atoms. The molecule has 2 aromatic heterocycles. The SMILES string of the molecule is CSc1nn([C@H]2O[C@@H](CO)[C@@H](O[Si](C)(C)C(C)(C)C)[C@@H]2F)c2ncnc(N)c12. The van der Waals surface area contributed by atoms with Crippen LogP contribution in [-0.4, -0.2) is 64.4 Å². The normalized spacial score (nSPS) is 26.3. The molecule has 0 aromatic carbocycles. The van der Waals surface area contributed by atoms with Crippen molar-refractivity contribution in [2.24, 2.45) is 0 Å². The fourth-order valence-electron chi connectivity index (χ4n) is 2.98. The van der Waals surface area contributed by atoms with E-state index in [-0.39, 0.29) is 17.5 Å². The zero-order valence-corrected chi connectivity index (χ0v) is 18.8. The van der Waals surface area contributed by atoms with Gasteiger partial charge in [-0.05, 0) is 24.4 Å². The average Bonchev–Trinajstić information content (AvgIpc) is 3.13. The Morgan fingerprint density at radius 2 is 2.07 bits per heavy atom. The number of aliphatic hydroxyl groups excluding tert-OH is 1. The molecule has 0 spiro atoms. The molecule has 0 unspecified atom stereocenters. The summed E-state index contributed by atoms with van der Waals surface area (Å²) in [5, 5.41) is 15.3. The number of rotatable bonds is 5. The number of nitrogens with zero attached hydrogens (tertiary/aromatic N) is 4. The fraction of sp³-hybridized carbons (Fsp3) is 0.706. The van der Waals surface area contributed by atoms with E-state index < -0.39 is 32.9 Å². The van der Waals surface area contributed by atoms with Crippen LogP contribution in [0.4, 0.5) is 10.2 Å². The number of aliphatic hydroxyl groups is 1. The van der Waals surface area contributed by atoms with Crippen LogP contribution in [0.2, 0.25) is 18.1 Å². The lowest BCUT2D eigenvalue weighted by atomic mass is 10.1. The molecule has 0 amide bonds. The second kappa shape index (κ2) is 7.52. The van der Waals surface area contributed by atoms with Crippen molar-refractivity contribution in [3.8, 4) is 0 Å². The Kier molecular flexibility index (Phi) is 5.76. The van der Waals surface area contributed by atoms with Gasteiger partial charge in [-0.1, -0.05) is 20.8 Å². The summed E-state index contributed by atoms with van der Waals surface area (Å²) in [6, 6.07) is 0. The van der Waals surface area contributed by atoms with Crippen molar-refractivity contribution < 1.29 is 18.7 Å². The molecule has 1 aliphatic heterocycles. The average molecular weight is 430 g/mol. The van der Waals surface area contributed by atoms with Crippen LogP contribution in [0, 0.1) is 0 Å². The Morgan fingerprint density at radius 1 is 1.39 bits per heavy atom. The lowest BCUT2D eigenvalue weighted by Gasteiger charge is -2.39. The third-order valence-electron chi connectivity index (χ3n) is 5.60. The predicted octanol–water partition coefficient (Wildman–Crippen LogP) is 2.75. The van der Waals surface area contributed by atoms with Crippen LogP contribution in [0.15, 0.2) is 11.4 Å². The Morgan fingerprint density at radius 3 is 2.64 bits per heavy atom. The predicted molar refractivity (Wildman–Crippen MR) is 109 cm³/mol. The Hall–Kier alpha value is -1.27. The van der Waals surface area contributed by atoms with Crippen molar-refractivity contribution in [2.75, 3.05) is 18.6 Å². The molecular formula is C17H28FN5O3SSi. The summed E-state index contributed by atoms with van der Waals surface area (Å²) in [5.41, 5.74) is 6.38. The first-order valence-electron chi connectivity index (χ1n) is 9.12. The van der Waals surface area contributed by atoms with E-state index in [1.807, 2.05) is 19.3 Å². The van der Waals surface area contributed by atoms with Crippen LogP contribution in [0.25, 0.3) is 11.0 Å². The third-order valence-corrected chi connectivity index (χ3v) is 10.8. The van der Waals surface area contributed by atoms with Crippen molar-refractivity contribution >= 4 is 36.9 Å². The van der Waals surface area contributed by atoms with Gasteiger partial charge in [0.25, 0.3) is 0 Å². The molecule has 1 fully saturated rings. The Bertz CT molecular complexity index is 859. The summed E-state index contributed by atoms with van der Waals surface area (Å²) >= 11 is 1.37. The molecular weight excluding hydrogens is 401 g/mol. The van der Waals surface area contributed by atoms with Crippen LogP contribution in [-0.2, 0) is 9.16 Å². The van der Waals surface area contributed by atoms with Gasteiger partial charge in [0.1, 0.15) is 29.4 Å². The van der Waals surface area contributed by atoms with Gasteiger partial charge in [-0.3, -0.25) is 0 Å².